The fraction of sp³-hybridized carbons (Fsp3) is 1.00. The second kappa shape index (κ2) is 7.34. The summed E-state index contributed by atoms with van der Waals surface area (Å²) in [6.07, 6.45) is 4.93. The van der Waals surface area contributed by atoms with Crippen molar-refractivity contribution in [2.45, 2.75) is 52.0 Å². The molecule has 0 aliphatic carbocycles. The Bertz CT molecular complexity index is 194. The van der Waals surface area contributed by atoms with Crippen LogP contribution in [-0.2, 0) is 0 Å². The number of nitrogens with two attached hydrogens (primary N) is 1. The van der Waals surface area contributed by atoms with Gasteiger partial charge in [-0.1, -0.05) is 27.2 Å². The van der Waals surface area contributed by atoms with Crippen molar-refractivity contribution in [2.75, 3.05) is 39.3 Å². The molecule has 0 aromatic rings. The summed E-state index contributed by atoms with van der Waals surface area (Å²) in [6, 6.07) is 0. The lowest BCUT2D eigenvalue weighted by Crippen LogP contribution is -2.60. The molecule has 1 aliphatic rings. The van der Waals surface area contributed by atoms with E-state index in [4.69, 9.17) is 5.73 Å². The highest BCUT2D eigenvalue weighted by Crippen LogP contribution is 2.26. The van der Waals surface area contributed by atoms with Crippen LogP contribution in [0.4, 0.5) is 0 Å². The van der Waals surface area contributed by atoms with E-state index in [0.29, 0.717) is 0 Å². The summed E-state index contributed by atoms with van der Waals surface area (Å²) in [6.45, 7) is 13.7. The number of hydrogen-bond donors (Lipinski definition) is 1. The molecule has 1 fully saturated rings. The maximum absolute atomic E-state index is 6.07. The molecule has 1 unspecified atom stereocenters. The van der Waals surface area contributed by atoms with Crippen molar-refractivity contribution in [3.8, 4) is 0 Å². The highest BCUT2D eigenvalue weighted by atomic mass is 15.3. The minimum Gasteiger partial charge on any atom is -0.329 e. The maximum Gasteiger partial charge on any atom is 0.0330 e. The first-order valence-corrected chi connectivity index (χ1v) is 7.39. The Labute approximate surface area is 107 Å². The lowest BCUT2D eigenvalue weighted by atomic mass is 9.88. The first-order valence-electron chi connectivity index (χ1n) is 7.39. The largest absolute Gasteiger partial charge is 0.329 e. The van der Waals surface area contributed by atoms with Gasteiger partial charge >= 0.3 is 0 Å². The average Bonchev–Trinajstić information content (AvgIpc) is 2.38. The Morgan fingerprint density at radius 3 is 2.06 bits per heavy atom. The van der Waals surface area contributed by atoms with E-state index >= 15 is 0 Å². The Hall–Kier alpha value is -0.120. The Kier molecular flexibility index (Phi) is 6.45. The van der Waals surface area contributed by atoms with Crippen LogP contribution < -0.4 is 5.73 Å². The van der Waals surface area contributed by atoms with Gasteiger partial charge in [-0.2, -0.15) is 0 Å². The van der Waals surface area contributed by atoms with Crippen LogP contribution in [0.15, 0.2) is 0 Å². The van der Waals surface area contributed by atoms with Gasteiger partial charge in [0, 0.05) is 38.3 Å². The van der Waals surface area contributed by atoms with Crippen LogP contribution in [0, 0.1) is 0 Å². The molecule has 1 aliphatic heterocycles. The number of nitrogens with zero attached hydrogens (tertiary/aromatic N) is 2. The molecular formula is C14H31N3. The maximum atomic E-state index is 6.07. The zero-order valence-electron chi connectivity index (χ0n) is 12.0. The Balaban J connectivity index is 2.54. The van der Waals surface area contributed by atoms with Gasteiger partial charge in [0.05, 0.1) is 0 Å². The molecule has 0 bridgehead atoms. The van der Waals surface area contributed by atoms with Gasteiger partial charge in [0.25, 0.3) is 0 Å². The molecule has 1 rings (SSSR count). The average molecular weight is 241 g/mol. The molecule has 102 valence electrons. The van der Waals surface area contributed by atoms with Crippen LogP contribution in [-0.4, -0.2) is 54.6 Å². The first-order chi connectivity index (χ1) is 8.22. The second-order valence-corrected chi connectivity index (χ2v) is 5.36. The third-order valence-electron chi connectivity index (χ3n) is 4.34. The van der Waals surface area contributed by atoms with Crippen LogP contribution in [0.1, 0.15) is 46.5 Å². The fourth-order valence-electron chi connectivity index (χ4n) is 3.16. The summed E-state index contributed by atoms with van der Waals surface area (Å²) in [7, 11) is 0. The first kappa shape index (κ1) is 14.9. The summed E-state index contributed by atoms with van der Waals surface area (Å²) < 4.78 is 0. The predicted molar refractivity (Wildman–Crippen MR) is 75.3 cm³/mol. The van der Waals surface area contributed by atoms with Crippen molar-refractivity contribution in [1.29, 1.82) is 0 Å². The standard InChI is InChI=1S/C14H31N3/c1-4-7-14(6-3,13-15)17-11-9-16(8-5-2)10-12-17/h4-13,15H2,1-3H3. The van der Waals surface area contributed by atoms with Crippen molar-refractivity contribution < 1.29 is 0 Å². The highest BCUT2D eigenvalue weighted by Gasteiger charge is 2.34. The van der Waals surface area contributed by atoms with E-state index in [1.165, 1.54) is 58.4 Å². The van der Waals surface area contributed by atoms with Gasteiger partial charge in [-0.3, -0.25) is 4.90 Å². The SMILES string of the molecule is CCCN1CCN(C(CC)(CN)CCC)CC1. The molecule has 0 amide bonds. The molecule has 0 saturated carbocycles. The van der Waals surface area contributed by atoms with E-state index in [0.717, 1.165) is 6.54 Å². The van der Waals surface area contributed by atoms with Crippen molar-refractivity contribution in [1.82, 2.24) is 9.80 Å². The molecule has 3 nitrogen and oxygen atoms in total. The lowest BCUT2D eigenvalue weighted by Gasteiger charge is -2.47. The van der Waals surface area contributed by atoms with E-state index in [1.807, 2.05) is 0 Å². The number of piperazine rings is 1. The lowest BCUT2D eigenvalue weighted by molar-refractivity contribution is 0.0275. The van der Waals surface area contributed by atoms with Gasteiger partial charge in [0.1, 0.15) is 0 Å². The van der Waals surface area contributed by atoms with E-state index < -0.39 is 0 Å². The molecule has 3 heteroatoms. The second-order valence-electron chi connectivity index (χ2n) is 5.36. The van der Waals surface area contributed by atoms with Crippen molar-refractivity contribution in [3.63, 3.8) is 0 Å². The summed E-state index contributed by atoms with van der Waals surface area (Å²) in [5, 5.41) is 0. The quantitative estimate of drug-likeness (QED) is 0.739. The van der Waals surface area contributed by atoms with Gasteiger partial charge in [-0.15, -0.1) is 0 Å². The normalized spacial score (nSPS) is 22.6. The van der Waals surface area contributed by atoms with Crippen LogP contribution in [0.25, 0.3) is 0 Å². The summed E-state index contributed by atoms with van der Waals surface area (Å²) in [4.78, 5) is 5.24. The van der Waals surface area contributed by atoms with E-state index in [-0.39, 0.29) is 5.54 Å². The monoisotopic (exact) mass is 241 g/mol. The van der Waals surface area contributed by atoms with Gasteiger partial charge in [0.2, 0.25) is 0 Å². The van der Waals surface area contributed by atoms with Gasteiger partial charge < -0.3 is 10.6 Å². The molecule has 0 aromatic heterocycles. The molecule has 1 heterocycles. The number of rotatable bonds is 7. The molecule has 2 N–H and O–H groups in total. The zero-order chi connectivity index (χ0) is 12.7. The van der Waals surface area contributed by atoms with E-state index in [1.54, 1.807) is 0 Å². The van der Waals surface area contributed by atoms with Gasteiger partial charge in [0.15, 0.2) is 0 Å². The number of hydrogen-bond acceptors (Lipinski definition) is 3. The van der Waals surface area contributed by atoms with E-state index in [9.17, 15) is 0 Å². The summed E-state index contributed by atoms with van der Waals surface area (Å²) >= 11 is 0. The van der Waals surface area contributed by atoms with Crippen LogP contribution in [0.3, 0.4) is 0 Å². The van der Waals surface area contributed by atoms with Crippen LogP contribution in [0.5, 0.6) is 0 Å². The van der Waals surface area contributed by atoms with Crippen molar-refractivity contribution in [2.24, 2.45) is 5.73 Å². The molecular weight excluding hydrogens is 210 g/mol. The highest BCUT2D eigenvalue weighted by molar-refractivity contribution is 4.92. The minimum absolute atomic E-state index is 0.271. The van der Waals surface area contributed by atoms with Gasteiger partial charge in [-0.05, 0) is 25.8 Å². The molecule has 0 radical (unpaired) electrons. The predicted octanol–water partition coefficient (Wildman–Crippen LogP) is 1.92. The fourth-order valence-corrected chi connectivity index (χ4v) is 3.16. The Morgan fingerprint density at radius 2 is 1.65 bits per heavy atom. The topological polar surface area (TPSA) is 32.5 Å². The molecule has 0 spiro atoms. The smallest absolute Gasteiger partial charge is 0.0330 e. The summed E-state index contributed by atoms with van der Waals surface area (Å²) in [5.74, 6) is 0. The zero-order valence-corrected chi connectivity index (χ0v) is 12.0. The summed E-state index contributed by atoms with van der Waals surface area (Å²) in [5.41, 5.74) is 6.34. The molecule has 1 saturated heterocycles. The molecule has 17 heavy (non-hydrogen) atoms. The third kappa shape index (κ3) is 3.67. The van der Waals surface area contributed by atoms with Crippen molar-refractivity contribution in [3.05, 3.63) is 0 Å². The third-order valence-corrected chi connectivity index (χ3v) is 4.34. The molecule has 1 atom stereocenters. The Morgan fingerprint density at radius 1 is 1.00 bits per heavy atom. The van der Waals surface area contributed by atoms with Crippen molar-refractivity contribution >= 4 is 0 Å². The molecule has 0 aromatic carbocycles. The van der Waals surface area contributed by atoms with Crippen LogP contribution in [0.2, 0.25) is 0 Å². The minimum atomic E-state index is 0.271. The van der Waals surface area contributed by atoms with E-state index in [2.05, 4.69) is 30.6 Å². The van der Waals surface area contributed by atoms with Gasteiger partial charge in [-0.25, -0.2) is 0 Å². The van der Waals surface area contributed by atoms with Crippen LogP contribution >= 0.6 is 0 Å².